The fourth-order valence-electron chi connectivity index (χ4n) is 6.82. The molecule has 2 fully saturated rings. The maximum absolute atomic E-state index is 14.5. The standard InChI is InChI=1S/C34H31F9N2O5S/c1-21(46)44-15-17-45(18-16-44)30(47)22-13-14-31(19-22,51(48,49)26-11-9-25(35)10-12-26)23-5-7-24(8-6-23)32(33(38,39)40,34(41,42)43)50-20-27-28(36)3-2-4-29(27)37/h2-12,22H,13-20H2,1H3/t22-,31-/m1/s1. The Hall–Kier alpha value is -4.12. The van der Waals surface area contributed by atoms with Gasteiger partial charge in [-0.25, -0.2) is 21.6 Å². The molecule has 51 heavy (non-hydrogen) atoms. The zero-order valence-corrected chi connectivity index (χ0v) is 27.6. The summed E-state index contributed by atoms with van der Waals surface area (Å²) in [6, 6.07) is 8.06. The van der Waals surface area contributed by atoms with Crippen LogP contribution in [0.15, 0.2) is 71.6 Å². The van der Waals surface area contributed by atoms with Crippen LogP contribution in [0.25, 0.3) is 0 Å². The number of alkyl halides is 6. The number of amides is 2. The van der Waals surface area contributed by atoms with E-state index in [1.807, 2.05) is 0 Å². The number of rotatable bonds is 8. The molecule has 3 aromatic rings. The molecule has 1 saturated carbocycles. The predicted molar refractivity (Wildman–Crippen MR) is 163 cm³/mol. The van der Waals surface area contributed by atoms with Gasteiger partial charge in [-0.1, -0.05) is 30.3 Å². The van der Waals surface area contributed by atoms with Crippen LogP contribution in [0.1, 0.15) is 42.9 Å². The van der Waals surface area contributed by atoms with E-state index in [1.165, 1.54) is 16.7 Å². The number of sulfone groups is 1. The lowest BCUT2D eigenvalue weighted by molar-refractivity contribution is -0.392. The van der Waals surface area contributed by atoms with Gasteiger partial charge < -0.3 is 14.5 Å². The first kappa shape index (κ1) is 38.1. The van der Waals surface area contributed by atoms with Gasteiger partial charge in [-0.3, -0.25) is 9.59 Å². The summed E-state index contributed by atoms with van der Waals surface area (Å²) in [4.78, 5) is 27.9. The van der Waals surface area contributed by atoms with Crippen LogP contribution in [0.4, 0.5) is 39.5 Å². The second-order valence-corrected chi connectivity index (χ2v) is 14.7. The molecule has 1 aliphatic carbocycles. The minimum absolute atomic E-state index is 0.0275. The minimum atomic E-state index is -6.23. The molecule has 5 rings (SSSR count). The van der Waals surface area contributed by atoms with Crippen molar-refractivity contribution in [1.82, 2.24) is 9.80 Å². The average Bonchev–Trinajstić information content (AvgIpc) is 3.53. The lowest BCUT2D eigenvalue weighted by Crippen LogP contribution is -2.56. The Bertz CT molecular complexity index is 1840. The monoisotopic (exact) mass is 750 g/mol. The van der Waals surface area contributed by atoms with E-state index in [-0.39, 0.29) is 50.5 Å². The summed E-state index contributed by atoms with van der Waals surface area (Å²) >= 11 is 0. The van der Waals surface area contributed by atoms with E-state index in [1.54, 1.807) is 0 Å². The van der Waals surface area contributed by atoms with E-state index in [0.29, 0.717) is 24.3 Å². The van der Waals surface area contributed by atoms with E-state index in [4.69, 9.17) is 0 Å². The summed E-state index contributed by atoms with van der Waals surface area (Å²) in [7, 11) is -4.60. The zero-order valence-electron chi connectivity index (χ0n) is 26.8. The van der Waals surface area contributed by atoms with Gasteiger partial charge in [0.25, 0.3) is 5.60 Å². The number of carbonyl (C=O) groups is 2. The van der Waals surface area contributed by atoms with Crippen LogP contribution in [0, 0.1) is 23.4 Å². The summed E-state index contributed by atoms with van der Waals surface area (Å²) in [5.41, 5.74) is -8.08. The second kappa shape index (κ2) is 13.8. The molecule has 2 atom stereocenters. The highest BCUT2D eigenvalue weighted by Crippen LogP contribution is 2.55. The zero-order chi connectivity index (χ0) is 37.6. The quantitative estimate of drug-likeness (QED) is 0.187. The van der Waals surface area contributed by atoms with Crippen molar-refractivity contribution in [2.24, 2.45) is 5.92 Å². The summed E-state index contributed by atoms with van der Waals surface area (Å²) in [6.45, 7) is 0.397. The van der Waals surface area contributed by atoms with Crippen molar-refractivity contribution < 1.29 is 62.3 Å². The molecule has 276 valence electrons. The predicted octanol–water partition coefficient (Wildman–Crippen LogP) is 6.80. The first-order chi connectivity index (χ1) is 23.7. The van der Waals surface area contributed by atoms with Crippen LogP contribution in [0.2, 0.25) is 0 Å². The number of halogens is 9. The third-order valence-electron chi connectivity index (χ3n) is 9.61. The minimum Gasteiger partial charge on any atom is -0.349 e. The SMILES string of the molecule is CC(=O)N1CCN(C(=O)[C@@H]2CC[C@@](c3ccc(C(OCc4c(F)cccc4F)(C(F)(F)F)C(F)(F)F)cc3)(S(=O)(=O)c3ccc(F)cc3)C2)CC1. The van der Waals surface area contributed by atoms with Gasteiger partial charge in [-0.15, -0.1) is 0 Å². The van der Waals surface area contributed by atoms with Crippen molar-refractivity contribution in [1.29, 1.82) is 0 Å². The molecular formula is C34H31F9N2O5S. The van der Waals surface area contributed by atoms with Crippen LogP contribution in [-0.2, 0) is 41.1 Å². The van der Waals surface area contributed by atoms with Crippen molar-refractivity contribution in [3.05, 3.63) is 101 Å². The highest BCUT2D eigenvalue weighted by atomic mass is 32.2. The van der Waals surface area contributed by atoms with E-state index < -0.39 is 90.9 Å². The van der Waals surface area contributed by atoms with Gasteiger partial charge in [0.05, 0.1) is 11.5 Å². The molecule has 2 amide bonds. The highest BCUT2D eigenvalue weighted by molar-refractivity contribution is 7.92. The molecule has 17 heteroatoms. The average molecular weight is 751 g/mol. The molecule has 7 nitrogen and oxygen atoms in total. The van der Waals surface area contributed by atoms with Gasteiger partial charge in [0.2, 0.25) is 11.8 Å². The molecule has 0 aromatic heterocycles. The fraction of sp³-hybridized carbons (Fsp3) is 0.412. The normalized spacial score (nSPS) is 20.5. The van der Waals surface area contributed by atoms with Gasteiger partial charge in [-0.2, -0.15) is 26.3 Å². The van der Waals surface area contributed by atoms with Crippen molar-refractivity contribution in [3.8, 4) is 0 Å². The van der Waals surface area contributed by atoms with Crippen molar-refractivity contribution in [3.63, 3.8) is 0 Å². The lowest BCUT2D eigenvalue weighted by Gasteiger charge is -2.38. The lowest BCUT2D eigenvalue weighted by atomic mass is 9.88. The summed E-state index contributed by atoms with van der Waals surface area (Å²) in [6.07, 6.45) is -13.2. The Morgan fingerprint density at radius 2 is 1.33 bits per heavy atom. The first-order valence-corrected chi connectivity index (χ1v) is 17.1. The number of hydrogen-bond donors (Lipinski definition) is 0. The molecule has 0 radical (unpaired) electrons. The number of nitrogens with zero attached hydrogens (tertiary/aromatic N) is 2. The summed E-state index contributed by atoms with van der Waals surface area (Å²) in [5.74, 6) is -5.23. The molecule has 0 N–H and O–H groups in total. The number of piperazine rings is 1. The van der Waals surface area contributed by atoms with Crippen LogP contribution < -0.4 is 0 Å². The van der Waals surface area contributed by atoms with E-state index in [0.717, 1.165) is 42.5 Å². The van der Waals surface area contributed by atoms with E-state index >= 15 is 0 Å². The highest BCUT2D eigenvalue weighted by Gasteiger charge is 2.73. The number of carbonyl (C=O) groups excluding carboxylic acids is 2. The largest absolute Gasteiger partial charge is 0.430 e. The molecule has 1 heterocycles. The first-order valence-electron chi connectivity index (χ1n) is 15.6. The van der Waals surface area contributed by atoms with Crippen LogP contribution >= 0.6 is 0 Å². The Morgan fingerprint density at radius 1 is 0.804 bits per heavy atom. The van der Waals surface area contributed by atoms with Crippen molar-refractivity contribution in [2.45, 2.75) is 60.4 Å². The topological polar surface area (TPSA) is 84.0 Å². The maximum Gasteiger partial charge on any atom is 0.430 e. The van der Waals surface area contributed by atoms with Crippen molar-refractivity contribution >= 4 is 21.7 Å². The maximum atomic E-state index is 14.5. The second-order valence-electron chi connectivity index (χ2n) is 12.5. The molecule has 3 aromatic carbocycles. The van der Waals surface area contributed by atoms with Gasteiger partial charge in [0.1, 0.15) is 22.2 Å². The third kappa shape index (κ3) is 6.81. The Balaban J connectivity index is 1.56. The third-order valence-corrected chi connectivity index (χ3v) is 12.1. The molecule has 2 aliphatic rings. The molecular weight excluding hydrogens is 719 g/mol. The Kier molecular flexibility index (Phi) is 10.3. The smallest absolute Gasteiger partial charge is 0.349 e. The molecule has 0 bridgehead atoms. The Morgan fingerprint density at radius 3 is 1.84 bits per heavy atom. The van der Waals surface area contributed by atoms with Gasteiger partial charge in [-0.05, 0) is 61.2 Å². The molecule has 1 aliphatic heterocycles. The van der Waals surface area contributed by atoms with Gasteiger partial charge in [0.15, 0.2) is 9.84 Å². The van der Waals surface area contributed by atoms with Crippen molar-refractivity contribution in [2.75, 3.05) is 26.2 Å². The van der Waals surface area contributed by atoms with Gasteiger partial charge in [0, 0.05) is 50.1 Å². The van der Waals surface area contributed by atoms with E-state index in [2.05, 4.69) is 4.74 Å². The number of ether oxygens (including phenoxy) is 1. The van der Waals surface area contributed by atoms with Crippen LogP contribution in [-0.4, -0.2) is 68.6 Å². The molecule has 0 unspecified atom stereocenters. The number of benzene rings is 3. The van der Waals surface area contributed by atoms with Gasteiger partial charge >= 0.3 is 12.4 Å². The number of hydrogen-bond acceptors (Lipinski definition) is 5. The summed E-state index contributed by atoms with van der Waals surface area (Å²) < 4.78 is 160. The Labute approximate surface area is 286 Å². The van der Waals surface area contributed by atoms with Crippen LogP contribution in [0.5, 0.6) is 0 Å². The fourth-order valence-corrected chi connectivity index (χ4v) is 9.01. The molecule has 0 spiro atoms. The van der Waals surface area contributed by atoms with E-state index in [9.17, 15) is 57.5 Å². The van der Waals surface area contributed by atoms with Crippen LogP contribution in [0.3, 0.4) is 0 Å². The summed E-state index contributed by atoms with van der Waals surface area (Å²) in [5, 5.41) is 0. The molecule has 1 saturated heterocycles.